The Morgan fingerprint density at radius 2 is 1.46 bits per heavy atom. The minimum Gasteiger partial charge on any atom is -0.377 e. The van der Waals surface area contributed by atoms with Crippen molar-refractivity contribution < 1.29 is 14.2 Å². The molecule has 2 aromatic heterocycles. The van der Waals surface area contributed by atoms with Gasteiger partial charge in [0, 0.05) is 25.5 Å². The molecule has 2 rings (SSSR count). The van der Waals surface area contributed by atoms with Crippen molar-refractivity contribution in [2.24, 2.45) is 11.5 Å². The maximum Gasteiger partial charge on any atom is 0.0962 e. The first-order valence-corrected chi connectivity index (χ1v) is 8.66. The summed E-state index contributed by atoms with van der Waals surface area (Å²) in [5.41, 5.74) is 12.5. The van der Waals surface area contributed by atoms with Crippen LogP contribution in [0.5, 0.6) is 0 Å². The third-order valence-corrected chi connectivity index (χ3v) is 3.50. The Kier molecular flexibility index (Phi) is 9.14. The molecule has 0 aliphatic heterocycles. The van der Waals surface area contributed by atoms with Gasteiger partial charge in [-0.3, -0.25) is 0 Å². The van der Waals surface area contributed by atoms with E-state index in [2.05, 4.69) is 20.6 Å². The van der Waals surface area contributed by atoms with Gasteiger partial charge in [-0.05, 0) is 6.92 Å². The number of aromatic nitrogens is 6. The van der Waals surface area contributed by atoms with Gasteiger partial charge in [0.15, 0.2) is 0 Å². The van der Waals surface area contributed by atoms with Gasteiger partial charge in [-0.2, -0.15) is 0 Å². The van der Waals surface area contributed by atoms with Gasteiger partial charge < -0.3 is 25.7 Å². The van der Waals surface area contributed by atoms with E-state index in [0.717, 1.165) is 11.4 Å². The van der Waals surface area contributed by atoms with E-state index in [1.165, 1.54) is 0 Å². The SMILES string of the molecule is CC(COCCOCCn1cc(CN)nn1)OCCn1cc(CN)nn1. The predicted octanol–water partition coefficient (Wildman–Crippen LogP) is -1.07. The molecule has 0 fully saturated rings. The van der Waals surface area contributed by atoms with E-state index in [1.807, 2.05) is 19.3 Å². The van der Waals surface area contributed by atoms with Crippen LogP contribution in [0.1, 0.15) is 18.3 Å². The Morgan fingerprint density at radius 1 is 0.885 bits per heavy atom. The van der Waals surface area contributed by atoms with Crippen molar-refractivity contribution in [3.8, 4) is 0 Å². The third-order valence-electron chi connectivity index (χ3n) is 3.50. The van der Waals surface area contributed by atoms with Crippen LogP contribution in [0.25, 0.3) is 0 Å². The zero-order valence-electron chi connectivity index (χ0n) is 15.2. The van der Waals surface area contributed by atoms with Gasteiger partial charge in [-0.15, -0.1) is 10.2 Å². The number of ether oxygens (including phenoxy) is 3. The van der Waals surface area contributed by atoms with Gasteiger partial charge in [-0.1, -0.05) is 10.4 Å². The van der Waals surface area contributed by atoms with Crippen molar-refractivity contribution in [1.29, 1.82) is 0 Å². The summed E-state index contributed by atoms with van der Waals surface area (Å²) >= 11 is 0. The summed E-state index contributed by atoms with van der Waals surface area (Å²) in [4.78, 5) is 0. The Hall–Kier alpha value is -1.92. The zero-order valence-corrected chi connectivity index (χ0v) is 15.2. The second-order valence-electron chi connectivity index (χ2n) is 5.72. The lowest BCUT2D eigenvalue weighted by molar-refractivity contribution is -0.0264. The van der Waals surface area contributed by atoms with E-state index < -0.39 is 0 Å². The minimum absolute atomic E-state index is 0.00247. The summed E-state index contributed by atoms with van der Waals surface area (Å²) in [7, 11) is 0. The Bertz CT molecular complexity index is 618. The molecule has 2 aromatic rings. The van der Waals surface area contributed by atoms with Crippen LogP contribution >= 0.6 is 0 Å². The first-order valence-electron chi connectivity index (χ1n) is 8.66. The smallest absolute Gasteiger partial charge is 0.0962 e. The fourth-order valence-electron chi connectivity index (χ4n) is 2.11. The van der Waals surface area contributed by atoms with E-state index >= 15 is 0 Å². The van der Waals surface area contributed by atoms with E-state index in [0.29, 0.717) is 59.2 Å². The van der Waals surface area contributed by atoms with Crippen LogP contribution in [0.4, 0.5) is 0 Å². The Morgan fingerprint density at radius 3 is 2.04 bits per heavy atom. The van der Waals surface area contributed by atoms with Crippen LogP contribution in [0.15, 0.2) is 12.4 Å². The van der Waals surface area contributed by atoms with Gasteiger partial charge in [0.2, 0.25) is 0 Å². The lowest BCUT2D eigenvalue weighted by Crippen LogP contribution is -2.20. The molecule has 1 atom stereocenters. The van der Waals surface area contributed by atoms with Crippen molar-refractivity contribution in [2.75, 3.05) is 33.0 Å². The number of rotatable bonds is 14. The predicted molar refractivity (Wildman–Crippen MR) is 92.9 cm³/mol. The minimum atomic E-state index is -0.00247. The molecule has 2 heterocycles. The fourth-order valence-corrected chi connectivity index (χ4v) is 2.11. The van der Waals surface area contributed by atoms with Crippen LogP contribution in [-0.2, 0) is 40.4 Å². The number of hydrogen-bond acceptors (Lipinski definition) is 9. The van der Waals surface area contributed by atoms with Crippen molar-refractivity contribution >= 4 is 0 Å². The van der Waals surface area contributed by atoms with E-state index in [-0.39, 0.29) is 6.10 Å². The summed E-state index contributed by atoms with van der Waals surface area (Å²) in [5.74, 6) is 0. The molecule has 0 radical (unpaired) electrons. The maximum atomic E-state index is 5.67. The summed E-state index contributed by atoms with van der Waals surface area (Å²) in [6.07, 6.45) is 3.63. The first kappa shape index (κ1) is 20.4. The highest BCUT2D eigenvalue weighted by Crippen LogP contribution is 1.96. The largest absolute Gasteiger partial charge is 0.377 e. The molecule has 1 unspecified atom stereocenters. The topological polar surface area (TPSA) is 141 Å². The van der Waals surface area contributed by atoms with E-state index in [1.54, 1.807) is 9.36 Å². The highest BCUT2D eigenvalue weighted by Gasteiger charge is 2.04. The highest BCUT2D eigenvalue weighted by atomic mass is 16.5. The molecule has 0 amide bonds. The molecule has 26 heavy (non-hydrogen) atoms. The summed E-state index contributed by atoms with van der Waals surface area (Å²) in [5, 5.41) is 15.7. The quantitative estimate of drug-likeness (QED) is 0.398. The number of nitrogens with zero attached hydrogens (tertiary/aromatic N) is 6. The van der Waals surface area contributed by atoms with Gasteiger partial charge >= 0.3 is 0 Å². The third kappa shape index (κ3) is 7.54. The number of nitrogens with two attached hydrogens (primary N) is 2. The van der Waals surface area contributed by atoms with Crippen LogP contribution in [0, 0.1) is 0 Å². The van der Waals surface area contributed by atoms with Crippen LogP contribution in [-0.4, -0.2) is 69.1 Å². The van der Waals surface area contributed by atoms with E-state index in [4.69, 9.17) is 25.7 Å². The molecule has 146 valence electrons. The second kappa shape index (κ2) is 11.6. The maximum absolute atomic E-state index is 5.67. The van der Waals surface area contributed by atoms with Gasteiger partial charge in [0.1, 0.15) is 0 Å². The Balaban J connectivity index is 1.42. The molecular weight excluding hydrogens is 340 g/mol. The van der Waals surface area contributed by atoms with Crippen LogP contribution in [0.2, 0.25) is 0 Å². The zero-order chi connectivity index (χ0) is 18.6. The van der Waals surface area contributed by atoms with Crippen molar-refractivity contribution in [1.82, 2.24) is 30.0 Å². The van der Waals surface area contributed by atoms with E-state index in [9.17, 15) is 0 Å². The molecule has 0 aliphatic rings. The summed E-state index contributed by atoms with van der Waals surface area (Å²) < 4.78 is 20.1. The van der Waals surface area contributed by atoms with Crippen LogP contribution < -0.4 is 11.5 Å². The van der Waals surface area contributed by atoms with Crippen molar-refractivity contribution in [2.45, 2.75) is 39.2 Å². The van der Waals surface area contributed by atoms with Gasteiger partial charge in [-0.25, -0.2) is 9.36 Å². The van der Waals surface area contributed by atoms with Gasteiger partial charge in [0.25, 0.3) is 0 Å². The molecular formula is C15H28N8O3. The highest BCUT2D eigenvalue weighted by molar-refractivity contribution is 4.90. The molecule has 0 saturated carbocycles. The monoisotopic (exact) mass is 368 g/mol. The second-order valence-corrected chi connectivity index (χ2v) is 5.72. The van der Waals surface area contributed by atoms with Crippen molar-refractivity contribution in [3.63, 3.8) is 0 Å². The molecule has 0 saturated heterocycles. The molecule has 0 bridgehead atoms. The molecule has 11 heteroatoms. The Labute approximate surface area is 152 Å². The molecule has 0 aliphatic carbocycles. The molecule has 0 aromatic carbocycles. The normalized spacial score (nSPS) is 12.6. The lowest BCUT2D eigenvalue weighted by atomic mass is 10.4. The lowest BCUT2D eigenvalue weighted by Gasteiger charge is -2.13. The first-order chi connectivity index (χ1) is 12.7. The standard InChI is InChI=1S/C15H28N8O3/c1-13(26-5-3-23-11-15(9-17)19-21-23)12-25-7-6-24-4-2-22-10-14(8-16)18-20-22/h10-11,13H,2-9,12,16-17H2,1H3. The molecule has 0 spiro atoms. The number of hydrogen-bond donors (Lipinski definition) is 2. The summed E-state index contributed by atoms with van der Waals surface area (Å²) in [6.45, 7) is 6.65. The van der Waals surface area contributed by atoms with Gasteiger partial charge in [0.05, 0.1) is 63.6 Å². The van der Waals surface area contributed by atoms with Crippen molar-refractivity contribution in [3.05, 3.63) is 23.8 Å². The molecule has 4 N–H and O–H groups in total. The average Bonchev–Trinajstić information content (AvgIpc) is 3.30. The molecule has 11 nitrogen and oxygen atoms in total. The summed E-state index contributed by atoms with van der Waals surface area (Å²) in [6, 6.07) is 0. The van der Waals surface area contributed by atoms with Crippen LogP contribution in [0.3, 0.4) is 0 Å². The average molecular weight is 368 g/mol. The fraction of sp³-hybridized carbons (Fsp3) is 0.733.